The molecule has 2 aliphatic rings. The van der Waals surface area contributed by atoms with Crippen LogP contribution in [-0.2, 0) is 11.0 Å². The molecule has 0 atom stereocenters. The second kappa shape index (κ2) is 5.81. The van der Waals surface area contributed by atoms with Crippen LogP contribution in [0.4, 0.5) is 13.2 Å². The lowest BCUT2D eigenvalue weighted by atomic mass is 9.97. The van der Waals surface area contributed by atoms with E-state index in [1.165, 1.54) is 10.9 Å². The molecule has 1 amide bonds. The van der Waals surface area contributed by atoms with Crippen molar-refractivity contribution in [3.05, 3.63) is 18.0 Å². The van der Waals surface area contributed by atoms with Crippen LogP contribution in [-0.4, -0.2) is 44.4 Å². The number of carbonyl (C=O) groups excluding carboxylic acids is 1. The Labute approximate surface area is 132 Å². The quantitative estimate of drug-likeness (QED) is 0.905. The monoisotopic (exact) mass is 331 g/mol. The third-order valence-electron chi connectivity index (χ3n) is 4.85. The molecule has 2 heterocycles. The Kier molecular flexibility index (Phi) is 4.12. The Bertz CT molecular complexity index is 571. The lowest BCUT2D eigenvalue weighted by molar-refractivity contribution is -0.152. The van der Waals surface area contributed by atoms with Crippen LogP contribution in [0.2, 0.25) is 0 Å². The molecule has 1 saturated heterocycles. The Morgan fingerprint density at radius 2 is 1.87 bits per heavy atom. The second-order valence-electron chi connectivity index (χ2n) is 6.44. The van der Waals surface area contributed by atoms with Crippen LogP contribution in [0, 0.1) is 0 Å². The molecule has 0 unspecified atom stereocenters. The van der Waals surface area contributed by atoms with Gasteiger partial charge in [0.15, 0.2) is 5.69 Å². The van der Waals surface area contributed by atoms with Crippen LogP contribution >= 0.6 is 0 Å². The molecule has 0 aromatic carbocycles. The van der Waals surface area contributed by atoms with Gasteiger partial charge in [0.2, 0.25) is 0 Å². The summed E-state index contributed by atoms with van der Waals surface area (Å²) in [4.78, 5) is 14.0. The van der Waals surface area contributed by atoms with Gasteiger partial charge in [0.05, 0.1) is 6.04 Å². The summed E-state index contributed by atoms with van der Waals surface area (Å²) in [7, 11) is 0. The Hall–Kier alpha value is -1.57. The summed E-state index contributed by atoms with van der Waals surface area (Å²) in [6, 6.07) is 0.826. The first-order chi connectivity index (χ1) is 10.8. The minimum Gasteiger partial charge on any atom is -0.380 e. The SMILES string of the molecule is O=C(N1CCC(n2ccc(C(F)(F)F)n2)CC1)C1(O)CCCC1. The van der Waals surface area contributed by atoms with Crippen molar-refractivity contribution < 1.29 is 23.1 Å². The van der Waals surface area contributed by atoms with Crippen molar-refractivity contribution in [2.24, 2.45) is 0 Å². The van der Waals surface area contributed by atoms with Gasteiger partial charge in [0.1, 0.15) is 5.60 Å². The highest BCUT2D eigenvalue weighted by molar-refractivity contribution is 5.85. The van der Waals surface area contributed by atoms with E-state index in [1.54, 1.807) is 4.90 Å². The summed E-state index contributed by atoms with van der Waals surface area (Å²) in [5, 5.41) is 14.0. The molecule has 1 aromatic heterocycles. The van der Waals surface area contributed by atoms with Crippen molar-refractivity contribution in [3.8, 4) is 0 Å². The van der Waals surface area contributed by atoms with E-state index < -0.39 is 17.5 Å². The van der Waals surface area contributed by atoms with Crippen molar-refractivity contribution in [3.63, 3.8) is 0 Å². The molecule has 0 radical (unpaired) electrons. The van der Waals surface area contributed by atoms with Gasteiger partial charge >= 0.3 is 6.18 Å². The zero-order valence-corrected chi connectivity index (χ0v) is 12.7. The van der Waals surface area contributed by atoms with E-state index in [9.17, 15) is 23.1 Å². The van der Waals surface area contributed by atoms with E-state index in [0.717, 1.165) is 18.9 Å². The number of aromatic nitrogens is 2. The number of rotatable bonds is 2. The fourth-order valence-electron chi connectivity index (χ4n) is 3.49. The molecular weight excluding hydrogens is 311 g/mol. The summed E-state index contributed by atoms with van der Waals surface area (Å²) < 4.78 is 39.1. The molecule has 5 nitrogen and oxygen atoms in total. The highest BCUT2D eigenvalue weighted by atomic mass is 19.4. The van der Waals surface area contributed by atoms with Crippen molar-refractivity contribution >= 4 is 5.91 Å². The number of alkyl halides is 3. The number of hydrogen-bond acceptors (Lipinski definition) is 3. The standard InChI is InChI=1S/C15H20F3N3O2/c16-15(17,18)12-5-10-21(19-12)11-3-8-20(9-4-11)13(22)14(23)6-1-2-7-14/h5,10-11,23H,1-4,6-9H2. The van der Waals surface area contributed by atoms with Gasteiger partial charge in [-0.1, -0.05) is 0 Å². The fourth-order valence-corrected chi connectivity index (χ4v) is 3.49. The molecular formula is C15H20F3N3O2. The number of aliphatic hydroxyl groups is 1. The number of piperidine rings is 1. The van der Waals surface area contributed by atoms with E-state index in [0.29, 0.717) is 38.8 Å². The minimum absolute atomic E-state index is 0.145. The molecule has 0 bridgehead atoms. The number of likely N-dealkylation sites (tertiary alicyclic amines) is 1. The van der Waals surface area contributed by atoms with E-state index in [4.69, 9.17) is 0 Å². The molecule has 1 N–H and O–H groups in total. The van der Waals surface area contributed by atoms with Gasteiger partial charge in [-0.15, -0.1) is 0 Å². The van der Waals surface area contributed by atoms with Gasteiger partial charge in [-0.3, -0.25) is 9.48 Å². The van der Waals surface area contributed by atoms with E-state index in [-0.39, 0.29) is 11.9 Å². The average molecular weight is 331 g/mol. The van der Waals surface area contributed by atoms with Crippen LogP contribution in [0.1, 0.15) is 50.3 Å². The number of halogens is 3. The van der Waals surface area contributed by atoms with Gasteiger partial charge in [-0.25, -0.2) is 0 Å². The number of amides is 1. The van der Waals surface area contributed by atoms with Crippen LogP contribution in [0.5, 0.6) is 0 Å². The molecule has 3 rings (SSSR count). The van der Waals surface area contributed by atoms with E-state index in [2.05, 4.69) is 5.10 Å². The van der Waals surface area contributed by atoms with E-state index in [1.807, 2.05) is 0 Å². The van der Waals surface area contributed by atoms with Crippen LogP contribution < -0.4 is 0 Å². The molecule has 1 saturated carbocycles. The summed E-state index contributed by atoms with van der Waals surface area (Å²) >= 11 is 0. The highest BCUT2D eigenvalue weighted by Gasteiger charge is 2.42. The summed E-state index contributed by atoms with van der Waals surface area (Å²) in [5.74, 6) is -0.232. The smallest absolute Gasteiger partial charge is 0.380 e. The highest BCUT2D eigenvalue weighted by Crippen LogP contribution is 2.33. The Balaban J connectivity index is 1.60. The maximum absolute atomic E-state index is 12.6. The maximum Gasteiger partial charge on any atom is 0.435 e. The van der Waals surface area contributed by atoms with Crippen LogP contribution in [0.25, 0.3) is 0 Å². The minimum atomic E-state index is -4.44. The number of nitrogens with zero attached hydrogens (tertiary/aromatic N) is 3. The van der Waals surface area contributed by atoms with Crippen LogP contribution in [0.15, 0.2) is 12.3 Å². The number of carbonyl (C=O) groups is 1. The maximum atomic E-state index is 12.6. The first-order valence-corrected chi connectivity index (χ1v) is 7.94. The summed E-state index contributed by atoms with van der Waals surface area (Å²) in [6.07, 6.45) is 0.697. The lowest BCUT2D eigenvalue weighted by Gasteiger charge is -2.36. The second-order valence-corrected chi connectivity index (χ2v) is 6.44. The third kappa shape index (κ3) is 3.22. The molecule has 128 valence electrons. The predicted molar refractivity (Wildman–Crippen MR) is 75.5 cm³/mol. The zero-order chi connectivity index (χ0) is 16.7. The normalized spacial score (nSPS) is 22.5. The summed E-state index contributed by atoms with van der Waals surface area (Å²) in [5.41, 5.74) is -2.13. The predicted octanol–water partition coefficient (Wildman–Crippen LogP) is 2.37. The third-order valence-corrected chi connectivity index (χ3v) is 4.85. The first-order valence-electron chi connectivity index (χ1n) is 7.94. The molecule has 23 heavy (non-hydrogen) atoms. The van der Waals surface area contributed by atoms with Gasteiger partial charge in [-0.2, -0.15) is 18.3 Å². The van der Waals surface area contributed by atoms with Crippen molar-refractivity contribution in [2.75, 3.05) is 13.1 Å². The lowest BCUT2D eigenvalue weighted by Crippen LogP contribution is -2.50. The fraction of sp³-hybridized carbons (Fsp3) is 0.733. The zero-order valence-electron chi connectivity index (χ0n) is 12.7. The first kappa shape index (κ1) is 16.3. The van der Waals surface area contributed by atoms with Gasteiger partial charge in [0.25, 0.3) is 5.91 Å². The van der Waals surface area contributed by atoms with Crippen molar-refractivity contribution in [2.45, 2.75) is 56.3 Å². The number of hydrogen-bond donors (Lipinski definition) is 1. The summed E-state index contributed by atoms with van der Waals surface area (Å²) in [6.45, 7) is 0.875. The van der Waals surface area contributed by atoms with E-state index >= 15 is 0 Å². The Morgan fingerprint density at radius 3 is 2.39 bits per heavy atom. The van der Waals surface area contributed by atoms with Gasteiger partial charge < -0.3 is 10.0 Å². The molecule has 1 aliphatic heterocycles. The van der Waals surface area contributed by atoms with Gasteiger partial charge in [-0.05, 0) is 44.6 Å². The van der Waals surface area contributed by atoms with Crippen molar-refractivity contribution in [1.82, 2.24) is 14.7 Å². The largest absolute Gasteiger partial charge is 0.435 e. The van der Waals surface area contributed by atoms with Crippen LogP contribution in [0.3, 0.4) is 0 Å². The topological polar surface area (TPSA) is 58.4 Å². The molecule has 1 aliphatic carbocycles. The molecule has 1 aromatic rings. The Morgan fingerprint density at radius 1 is 1.26 bits per heavy atom. The average Bonchev–Trinajstić information content (AvgIpc) is 3.16. The van der Waals surface area contributed by atoms with Crippen molar-refractivity contribution in [1.29, 1.82) is 0 Å². The van der Waals surface area contributed by atoms with Gasteiger partial charge in [0, 0.05) is 19.3 Å². The molecule has 2 fully saturated rings. The molecule has 0 spiro atoms. The molecule has 8 heteroatoms.